The van der Waals surface area contributed by atoms with Crippen molar-refractivity contribution in [1.82, 2.24) is 10.2 Å². The van der Waals surface area contributed by atoms with E-state index in [1.54, 1.807) is 0 Å². The van der Waals surface area contributed by atoms with Gasteiger partial charge in [0.2, 0.25) is 17.7 Å². The lowest BCUT2D eigenvalue weighted by molar-refractivity contribution is -0.142. The second-order valence-corrected chi connectivity index (χ2v) is 10.3. The molecule has 0 unspecified atom stereocenters. The Morgan fingerprint density at radius 2 is 1.53 bits per heavy atom. The number of nitrogens with one attached hydrogen (secondary N) is 2. The van der Waals surface area contributed by atoms with Crippen LogP contribution in [0.4, 0.5) is 5.69 Å². The van der Waals surface area contributed by atoms with Gasteiger partial charge in [-0.25, -0.2) is 0 Å². The fourth-order valence-electron chi connectivity index (χ4n) is 6.47. The first-order chi connectivity index (χ1) is 17.4. The van der Waals surface area contributed by atoms with Gasteiger partial charge in [-0.15, -0.1) is 0 Å². The lowest BCUT2D eigenvalue weighted by Gasteiger charge is -2.30. The van der Waals surface area contributed by atoms with Crippen LogP contribution in [-0.4, -0.2) is 35.2 Å². The number of imide groups is 1. The first-order valence-electron chi connectivity index (χ1n) is 12.5. The van der Waals surface area contributed by atoms with E-state index >= 15 is 0 Å². The molecule has 6 nitrogen and oxygen atoms in total. The van der Waals surface area contributed by atoms with Gasteiger partial charge in [0.05, 0.1) is 11.8 Å². The summed E-state index contributed by atoms with van der Waals surface area (Å²) in [5.41, 5.74) is 4.38. The lowest BCUT2D eigenvalue weighted by Crippen LogP contribution is -2.53. The van der Waals surface area contributed by atoms with Crippen LogP contribution in [0.1, 0.15) is 27.8 Å². The molecule has 4 atom stereocenters. The van der Waals surface area contributed by atoms with Crippen LogP contribution in [0.15, 0.2) is 72.8 Å². The Morgan fingerprint density at radius 1 is 0.861 bits per heavy atom. The third-order valence-corrected chi connectivity index (χ3v) is 8.02. The van der Waals surface area contributed by atoms with Crippen LogP contribution in [0.25, 0.3) is 0 Å². The van der Waals surface area contributed by atoms with Gasteiger partial charge in [-0.1, -0.05) is 78.4 Å². The van der Waals surface area contributed by atoms with Crippen molar-refractivity contribution >= 4 is 23.4 Å². The van der Waals surface area contributed by atoms with Gasteiger partial charge in [-0.3, -0.25) is 24.6 Å². The summed E-state index contributed by atoms with van der Waals surface area (Å²) in [6, 6.07) is 23.5. The van der Waals surface area contributed by atoms with E-state index in [9.17, 15) is 14.4 Å². The number of nitrogens with zero attached hydrogens (tertiary/aromatic N) is 1. The Labute approximate surface area is 210 Å². The number of anilines is 1. The van der Waals surface area contributed by atoms with E-state index < -0.39 is 17.4 Å². The molecule has 3 heterocycles. The predicted octanol–water partition coefficient (Wildman–Crippen LogP) is 3.51. The average molecular weight is 480 g/mol. The molecular weight excluding hydrogens is 450 g/mol. The van der Waals surface area contributed by atoms with Gasteiger partial charge in [0.25, 0.3) is 0 Å². The van der Waals surface area contributed by atoms with Crippen molar-refractivity contribution in [1.29, 1.82) is 0 Å². The molecule has 3 aliphatic rings. The van der Waals surface area contributed by atoms with Crippen molar-refractivity contribution in [3.05, 3.63) is 101 Å². The van der Waals surface area contributed by atoms with Crippen molar-refractivity contribution in [3.63, 3.8) is 0 Å². The van der Waals surface area contributed by atoms with Crippen molar-refractivity contribution in [2.75, 3.05) is 11.9 Å². The Hall–Kier alpha value is -3.77. The number of hydrogen-bond acceptors (Lipinski definition) is 4. The molecule has 6 heteroatoms. The zero-order valence-electron chi connectivity index (χ0n) is 20.5. The molecule has 182 valence electrons. The monoisotopic (exact) mass is 479 g/mol. The highest BCUT2D eigenvalue weighted by Crippen LogP contribution is 2.54. The average Bonchev–Trinajstić information content (AvgIpc) is 3.44. The van der Waals surface area contributed by atoms with Crippen LogP contribution in [0, 0.1) is 25.7 Å². The van der Waals surface area contributed by atoms with Crippen LogP contribution in [-0.2, 0) is 32.8 Å². The zero-order chi connectivity index (χ0) is 25.0. The number of carbonyl (C=O) groups excluding carboxylic acids is 3. The maximum Gasteiger partial charge on any atom is 0.250 e. The third-order valence-electron chi connectivity index (χ3n) is 8.02. The minimum absolute atomic E-state index is 0.183. The largest absolute Gasteiger partial charge is 0.324 e. The van der Waals surface area contributed by atoms with Gasteiger partial charge in [-0.05, 0) is 43.4 Å². The number of fused-ring (bicyclic) bond motifs is 4. The predicted molar refractivity (Wildman–Crippen MR) is 137 cm³/mol. The van der Waals surface area contributed by atoms with Crippen LogP contribution in [0.3, 0.4) is 0 Å². The summed E-state index contributed by atoms with van der Waals surface area (Å²) in [4.78, 5) is 43.0. The highest BCUT2D eigenvalue weighted by molar-refractivity contribution is 6.15. The first kappa shape index (κ1) is 22.7. The fraction of sp³-hybridized carbons (Fsp3) is 0.300. The van der Waals surface area contributed by atoms with E-state index in [1.165, 1.54) is 4.90 Å². The highest BCUT2D eigenvalue weighted by atomic mass is 16.2. The van der Waals surface area contributed by atoms with Crippen molar-refractivity contribution < 1.29 is 14.4 Å². The summed E-state index contributed by atoms with van der Waals surface area (Å²) in [5.74, 6) is -2.08. The number of carbonyl (C=O) groups is 3. The van der Waals surface area contributed by atoms with Crippen LogP contribution in [0.2, 0.25) is 0 Å². The van der Waals surface area contributed by atoms with E-state index in [-0.39, 0.29) is 23.8 Å². The SMILES string of the molecule is Cc1cc(C)c2c(c1)[C@]1(N[C@H](Cc3ccccc3)[C@H]3C(=O)N(CCc4ccccc4)C(=O)[C@@H]31)C(=O)N2. The molecule has 3 aromatic rings. The summed E-state index contributed by atoms with van der Waals surface area (Å²) < 4.78 is 0. The van der Waals surface area contributed by atoms with Gasteiger partial charge in [0, 0.05) is 23.8 Å². The Bertz CT molecular complexity index is 1370. The molecule has 1 spiro atoms. The molecule has 0 radical (unpaired) electrons. The Kier molecular flexibility index (Phi) is 5.30. The highest BCUT2D eigenvalue weighted by Gasteiger charge is 2.70. The summed E-state index contributed by atoms with van der Waals surface area (Å²) >= 11 is 0. The van der Waals surface area contributed by atoms with E-state index in [2.05, 4.69) is 10.6 Å². The summed E-state index contributed by atoms with van der Waals surface area (Å²) in [6.07, 6.45) is 1.14. The number of benzene rings is 3. The van der Waals surface area contributed by atoms with Crippen LogP contribution in [0.5, 0.6) is 0 Å². The molecule has 0 saturated carbocycles. The van der Waals surface area contributed by atoms with Crippen molar-refractivity contribution in [2.24, 2.45) is 11.8 Å². The minimum Gasteiger partial charge on any atom is -0.324 e. The van der Waals surface area contributed by atoms with Gasteiger partial charge < -0.3 is 5.32 Å². The molecular formula is C30H29N3O3. The zero-order valence-corrected chi connectivity index (χ0v) is 20.5. The molecule has 2 fully saturated rings. The topological polar surface area (TPSA) is 78.5 Å². The van der Waals surface area contributed by atoms with E-state index in [0.29, 0.717) is 19.4 Å². The summed E-state index contributed by atoms with van der Waals surface area (Å²) in [5, 5.41) is 6.60. The smallest absolute Gasteiger partial charge is 0.250 e. The first-order valence-corrected chi connectivity index (χ1v) is 12.5. The number of rotatable bonds is 5. The summed E-state index contributed by atoms with van der Waals surface area (Å²) in [6.45, 7) is 4.27. The molecule has 6 rings (SSSR count). The molecule has 2 saturated heterocycles. The second kappa shape index (κ2) is 8.42. The van der Waals surface area contributed by atoms with E-state index in [0.717, 1.165) is 33.5 Å². The van der Waals surface area contributed by atoms with Crippen LogP contribution >= 0.6 is 0 Å². The number of aryl methyl sites for hydroxylation is 2. The minimum atomic E-state index is -1.26. The fourth-order valence-corrected chi connectivity index (χ4v) is 6.47. The Balaban J connectivity index is 1.42. The molecule has 3 aliphatic heterocycles. The number of hydrogen-bond donors (Lipinski definition) is 2. The van der Waals surface area contributed by atoms with Crippen LogP contribution < -0.4 is 10.6 Å². The lowest BCUT2D eigenvalue weighted by atomic mass is 9.75. The molecule has 3 aromatic carbocycles. The molecule has 2 N–H and O–H groups in total. The van der Waals surface area contributed by atoms with Crippen molar-refractivity contribution in [2.45, 2.75) is 38.3 Å². The Morgan fingerprint density at radius 3 is 2.22 bits per heavy atom. The second-order valence-electron chi connectivity index (χ2n) is 10.3. The van der Waals surface area contributed by atoms with Gasteiger partial charge in [-0.2, -0.15) is 0 Å². The normalized spacial score (nSPS) is 26.4. The quantitative estimate of drug-likeness (QED) is 0.549. The van der Waals surface area contributed by atoms with Gasteiger partial charge >= 0.3 is 0 Å². The molecule has 0 bridgehead atoms. The molecule has 0 aliphatic carbocycles. The third kappa shape index (κ3) is 3.32. The van der Waals surface area contributed by atoms with Crippen molar-refractivity contribution in [3.8, 4) is 0 Å². The standard InChI is InChI=1S/C30H29N3O3/c1-18-15-19(2)26-22(16-18)30(29(36)31-26)25-24(23(32-30)17-21-11-7-4-8-12-21)27(34)33(28(25)35)14-13-20-9-5-3-6-10-20/h3-12,15-16,23-25,32H,13-14,17H2,1-2H3,(H,31,36)/t23-,24-,25-,30-/m1/s1. The molecule has 3 amide bonds. The maximum atomic E-state index is 14.0. The van der Waals surface area contributed by atoms with Gasteiger partial charge in [0.15, 0.2) is 0 Å². The van der Waals surface area contributed by atoms with E-state index in [1.807, 2.05) is 86.6 Å². The van der Waals surface area contributed by atoms with E-state index in [4.69, 9.17) is 0 Å². The van der Waals surface area contributed by atoms with Gasteiger partial charge in [0.1, 0.15) is 5.54 Å². The number of amides is 3. The number of likely N-dealkylation sites (tertiary alicyclic amines) is 1. The summed E-state index contributed by atoms with van der Waals surface area (Å²) in [7, 11) is 0. The molecule has 0 aromatic heterocycles. The maximum absolute atomic E-state index is 14.0. The molecule has 36 heavy (non-hydrogen) atoms.